The summed E-state index contributed by atoms with van der Waals surface area (Å²) >= 11 is 16.5. The predicted molar refractivity (Wildman–Crippen MR) is 160 cm³/mol. The zero-order valence-electron chi connectivity index (χ0n) is 20.4. The van der Waals surface area contributed by atoms with Crippen LogP contribution in [-0.2, 0) is 6.42 Å². The summed E-state index contributed by atoms with van der Waals surface area (Å²) in [5, 5.41) is 18.3. The first-order valence-corrected chi connectivity index (χ1v) is 17.2. The molecule has 0 bridgehead atoms. The summed E-state index contributed by atoms with van der Waals surface area (Å²) in [5.41, 5.74) is 3.62. The van der Waals surface area contributed by atoms with Gasteiger partial charge in [0, 0.05) is 17.6 Å². The summed E-state index contributed by atoms with van der Waals surface area (Å²) < 4.78 is 1.26. The molecular formula is C28H27AsCl3N3O3. The number of fused-ring (bicyclic) bond motifs is 1. The molecule has 4 N–H and O–H groups in total. The summed E-state index contributed by atoms with van der Waals surface area (Å²) in [6.07, 6.45) is 0.555. The van der Waals surface area contributed by atoms with Crippen molar-refractivity contribution in [1.29, 1.82) is 0 Å². The average Bonchev–Trinajstić information content (AvgIpc) is 3.34. The van der Waals surface area contributed by atoms with Crippen molar-refractivity contribution in [3.63, 3.8) is 0 Å². The number of carbonyl (C=O) groups excluding carboxylic acids is 2. The molecule has 3 aromatic carbocycles. The van der Waals surface area contributed by atoms with Crippen LogP contribution < -0.4 is 15.0 Å². The zero-order valence-corrected chi connectivity index (χ0v) is 24.6. The third-order valence-electron chi connectivity index (χ3n) is 6.03. The number of carbonyl (C=O) groups is 2. The van der Waals surface area contributed by atoms with Crippen LogP contribution in [-0.4, -0.2) is 54.2 Å². The topological polar surface area (TPSA) is 94.2 Å². The molecule has 0 spiro atoms. The van der Waals surface area contributed by atoms with E-state index in [0.717, 1.165) is 26.9 Å². The Kier molecular flexibility index (Phi) is 10.0. The van der Waals surface area contributed by atoms with Gasteiger partial charge >= 0.3 is 168 Å². The molecule has 38 heavy (non-hydrogen) atoms. The molecule has 198 valence electrons. The predicted octanol–water partition coefficient (Wildman–Crippen LogP) is 6.34. The Morgan fingerprint density at radius 2 is 1.55 bits per heavy atom. The Labute approximate surface area is 240 Å². The van der Waals surface area contributed by atoms with Crippen molar-refractivity contribution in [3.8, 4) is 5.75 Å². The number of alkyl halides is 3. The third kappa shape index (κ3) is 7.06. The number of aromatic amines is 1. The van der Waals surface area contributed by atoms with Gasteiger partial charge < -0.3 is 10.4 Å². The number of aromatic hydroxyl groups is 1. The van der Waals surface area contributed by atoms with Crippen molar-refractivity contribution < 1.29 is 14.7 Å². The van der Waals surface area contributed by atoms with E-state index in [1.54, 1.807) is 24.3 Å². The summed E-state index contributed by atoms with van der Waals surface area (Å²) in [5.74, 6) is 1.12. The Bertz CT molecular complexity index is 1420. The molecule has 0 unspecified atom stereocenters. The molecular weight excluding hydrogens is 608 g/mol. The van der Waals surface area contributed by atoms with Crippen molar-refractivity contribution >= 4 is 87.9 Å². The van der Waals surface area contributed by atoms with Gasteiger partial charge in [-0.25, -0.2) is 0 Å². The maximum absolute atomic E-state index is 12.9. The molecule has 0 radical (unpaired) electrons. The number of halogens is 3. The first kappa shape index (κ1) is 28.4. The van der Waals surface area contributed by atoms with Crippen LogP contribution >= 0.6 is 34.8 Å². The molecule has 0 saturated carbocycles. The number of aromatic nitrogens is 1. The van der Waals surface area contributed by atoms with Crippen LogP contribution in [0.3, 0.4) is 0 Å². The van der Waals surface area contributed by atoms with E-state index in [4.69, 9.17) is 34.8 Å². The molecule has 0 fully saturated rings. The van der Waals surface area contributed by atoms with E-state index in [1.165, 1.54) is 10.4 Å². The normalized spacial score (nSPS) is 11.2. The number of anilines is 2. The zero-order chi connectivity index (χ0) is 27.1. The van der Waals surface area contributed by atoms with Gasteiger partial charge in [0.1, 0.15) is 5.75 Å². The summed E-state index contributed by atoms with van der Waals surface area (Å²) in [6, 6.07) is 19.6. The quantitative estimate of drug-likeness (QED) is 0.115. The maximum atomic E-state index is 12.9. The van der Waals surface area contributed by atoms with Crippen molar-refractivity contribution in [3.05, 3.63) is 83.6 Å². The number of phenols is 1. The first-order valence-electron chi connectivity index (χ1n) is 12.0. The Hall–Kier alpha value is -2.63. The Morgan fingerprint density at radius 3 is 2.24 bits per heavy atom. The fourth-order valence-corrected chi connectivity index (χ4v) is 10.1. The van der Waals surface area contributed by atoms with E-state index >= 15 is 0 Å². The van der Waals surface area contributed by atoms with Crippen LogP contribution in [0.25, 0.3) is 10.9 Å². The number of hydrogen-bond acceptors (Lipinski definition) is 3. The molecule has 2 amide bonds. The van der Waals surface area contributed by atoms with E-state index in [0.29, 0.717) is 46.7 Å². The average molecular weight is 635 g/mol. The summed E-state index contributed by atoms with van der Waals surface area (Å²) in [7, 11) is 0. The van der Waals surface area contributed by atoms with Crippen LogP contribution in [0, 0.1) is 0 Å². The van der Waals surface area contributed by atoms with Gasteiger partial charge in [-0.1, -0.05) is 6.07 Å². The second-order valence-electron chi connectivity index (χ2n) is 8.59. The van der Waals surface area contributed by atoms with Gasteiger partial charge in [-0.15, -0.1) is 11.6 Å². The fraction of sp³-hybridized carbons (Fsp3) is 0.214. The van der Waals surface area contributed by atoms with Gasteiger partial charge in [-0.2, -0.15) is 0 Å². The second kappa shape index (κ2) is 13.4. The van der Waals surface area contributed by atoms with Gasteiger partial charge in [0.2, 0.25) is 0 Å². The molecule has 0 atom stereocenters. The Morgan fingerprint density at radius 1 is 0.816 bits per heavy atom. The summed E-state index contributed by atoms with van der Waals surface area (Å²) in [4.78, 5) is 28.9. The first-order chi connectivity index (χ1) is 18.4. The molecule has 0 aliphatic rings. The number of aryl methyl sites for hydroxylation is 1. The second-order valence-corrected chi connectivity index (χ2v) is 14.9. The molecule has 10 heteroatoms. The minimum atomic E-state index is -1.30. The van der Waals surface area contributed by atoms with Gasteiger partial charge in [-0.3, -0.25) is 4.79 Å². The fourth-order valence-electron chi connectivity index (χ4n) is 4.12. The third-order valence-corrected chi connectivity index (χ3v) is 13.1. The molecule has 4 rings (SSSR count). The van der Waals surface area contributed by atoms with Crippen molar-refractivity contribution in [2.75, 3.05) is 28.3 Å². The SMILES string of the molecule is O=C(Nc1ccc2[nH]c(C(=O)Nc3cc(O)ccc3CCCl)cc2c1)c1ccc([As](CCCl)CCCl)cc1. The van der Waals surface area contributed by atoms with Crippen LogP contribution in [0.1, 0.15) is 26.4 Å². The van der Waals surface area contributed by atoms with Gasteiger partial charge in [0.15, 0.2) is 0 Å². The number of hydrogen-bond donors (Lipinski definition) is 4. The number of nitrogens with one attached hydrogen (secondary N) is 3. The van der Waals surface area contributed by atoms with E-state index < -0.39 is 14.7 Å². The van der Waals surface area contributed by atoms with Crippen molar-refractivity contribution in [2.24, 2.45) is 0 Å². The van der Waals surface area contributed by atoms with Crippen molar-refractivity contribution in [2.45, 2.75) is 16.8 Å². The van der Waals surface area contributed by atoms with Crippen molar-refractivity contribution in [1.82, 2.24) is 4.98 Å². The number of phenolic OH excluding ortho intramolecular Hbond substituents is 1. The number of rotatable bonds is 11. The van der Waals surface area contributed by atoms with Gasteiger partial charge in [-0.05, 0) is 18.1 Å². The number of H-pyrrole nitrogens is 1. The minimum absolute atomic E-state index is 0.0535. The molecule has 0 aliphatic carbocycles. The molecule has 0 aliphatic heterocycles. The van der Waals surface area contributed by atoms with Crippen LogP contribution in [0.4, 0.5) is 11.4 Å². The van der Waals surface area contributed by atoms with E-state index in [9.17, 15) is 14.7 Å². The van der Waals surface area contributed by atoms with E-state index in [-0.39, 0.29) is 17.6 Å². The molecule has 1 heterocycles. The monoisotopic (exact) mass is 633 g/mol. The standard InChI is InChI=1S/C28H27AsCl3N3O3/c30-12-9-18-3-7-23(36)17-25(18)35-28(38)26-16-20-15-22(6-8-24(20)34-26)33-27(37)19-1-4-21(5-2-19)29(10-13-31)11-14-32/h1-8,15-17,34,36H,9-14H2,(H,33,37)(H,35,38). The van der Waals surface area contributed by atoms with Crippen LogP contribution in [0.2, 0.25) is 10.4 Å². The van der Waals surface area contributed by atoms with Gasteiger partial charge in [0.25, 0.3) is 0 Å². The Balaban J connectivity index is 1.46. The van der Waals surface area contributed by atoms with E-state index in [1.807, 2.05) is 36.4 Å². The van der Waals surface area contributed by atoms with Crippen LogP contribution in [0.15, 0.2) is 66.7 Å². The molecule has 1 aromatic heterocycles. The van der Waals surface area contributed by atoms with Gasteiger partial charge in [0.05, 0.1) is 0 Å². The molecule has 6 nitrogen and oxygen atoms in total. The number of amides is 2. The van der Waals surface area contributed by atoms with E-state index in [2.05, 4.69) is 15.6 Å². The number of benzene rings is 3. The summed E-state index contributed by atoms with van der Waals surface area (Å²) in [6.45, 7) is 0. The molecule has 4 aromatic rings. The van der Waals surface area contributed by atoms with Crippen LogP contribution in [0.5, 0.6) is 5.75 Å². The molecule has 0 saturated heterocycles.